The number of nitrogens with one attached hydrogen (secondary N) is 1. The van der Waals surface area contributed by atoms with E-state index in [9.17, 15) is 14.7 Å². The summed E-state index contributed by atoms with van der Waals surface area (Å²) in [6.07, 6.45) is -0.559. The van der Waals surface area contributed by atoms with Crippen molar-refractivity contribution in [3.8, 4) is 0 Å². The molecule has 6 atom stereocenters. The average Bonchev–Trinajstić information content (AvgIpc) is 3.13. The zero-order valence-electron chi connectivity index (χ0n) is 14.7. The molecule has 1 heterocycles. The Bertz CT molecular complexity index is 654. The maximum atomic E-state index is 12.5. The van der Waals surface area contributed by atoms with Crippen LogP contribution in [0.4, 0.5) is 5.69 Å². The summed E-state index contributed by atoms with van der Waals surface area (Å²) in [5.41, 5.74) is 1.83. The van der Waals surface area contributed by atoms with Crippen molar-refractivity contribution in [3.05, 3.63) is 29.8 Å². The van der Waals surface area contributed by atoms with E-state index in [0.29, 0.717) is 12.1 Å². The smallest absolute Gasteiger partial charge is 0.310 e. The fourth-order valence-electron chi connectivity index (χ4n) is 4.24. The molecule has 3 aliphatic rings. The summed E-state index contributed by atoms with van der Waals surface area (Å²) in [5, 5.41) is 21.1. The van der Waals surface area contributed by atoms with Crippen molar-refractivity contribution in [1.82, 2.24) is 0 Å². The second-order valence-electron chi connectivity index (χ2n) is 7.46. The molecule has 0 radical (unpaired) electrons. The monoisotopic (exact) mass is 347 g/mol. The molecule has 1 aliphatic heterocycles. The zero-order valence-corrected chi connectivity index (χ0v) is 14.7. The largest absolute Gasteiger partial charge is 0.459 e. The van der Waals surface area contributed by atoms with Crippen LogP contribution in [-0.2, 0) is 14.3 Å². The Balaban J connectivity index is 0.000000415. The molecule has 0 spiro atoms. The van der Waals surface area contributed by atoms with Crippen molar-refractivity contribution in [2.45, 2.75) is 45.5 Å². The van der Waals surface area contributed by atoms with Crippen LogP contribution in [0.15, 0.2) is 24.3 Å². The third-order valence-electron chi connectivity index (χ3n) is 5.20. The molecular formula is C19H25NO5. The molecule has 2 saturated carbocycles. The van der Waals surface area contributed by atoms with Gasteiger partial charge in [-0.05, 0) is 39.3 Å². The van der Waals surface area contributed by atoms with Gasteiger partial charge in [0, 0.05) is 23.6 Å². The van der Waals surface area contributed by atoms with E-state index in [-0.39, 0.29) is 35.7 Å². The van der Waals surface area contributed by atoms with Gasteiger partial charge in [-0.1, -0.05) is 17.7 Å². The molecule has 3 fully saturated rings. The molecule has 2 bridgehead atoms. The third-order valence-corrected chi connectivity index (χ3v) is 5.20. The summed E-state index contributed by atoms with van der Waals surface area (Å²) < 4.78 is 5.23. The van der Waals surface area contributed by atoms with Crippen LogP contribution in [0.1, 0.15) is 25.8 Å². The Kier molecular flexibility index (Phi) is 4.84. The number of aryl methyl sites for hydroxylation is 1. The lowest BCUT2D eigenvalue weighted by Crippen LogP contribution is -2.42. The Morgan fingerprint density at radius 3 is 2.44 bits per heavy atom. The van der Waals surface area contributed by atoms with E-state index in [4.69, 9.17) is 9.84 Å². The number of ether oxygens (including phenoxy) is 1. The van der Waals surface area contributed by atoms with Crippen molar-refractivity contribution in [3.63, 3.8) is 0 Å². The van der Waals surface area contributed by atoms with Gasteiger partial charge in [0.1, 0.15) is 6.10 Å². The number of carbonyl (C=O) groups is 2. The van der Waals surface area contributed by atoms with E-state index in [2.05, 4.69) is 5.32 Å². The van der Waals surface area contributed by atoms with E-state index in [0.717, 1.165) is 5.56 Å². The van der Waals surface area contributed by atoms with Crippen molar-refractivity contribution in [1.29, 1.82) is 0 Å². The fraction of sp³-hybridized carbons (Fsp3) is 0.579. The number of esters is 1. The highest BCUT2D eigenvalue weighted by atomic mass is 16.6. The molecule has 4 rings (SSSR count). The normalized spacial score (nSPS) is 34.6. The Hall–Kier alpha value is -1.92. The van der Waals surface area contributed by atoms with Gasteiger partial charge in [0.2, 0.25) is 5.91 Å². The number of aliphatic hydroxyl groups excluding tert-OH is 2. The first kappa shape index (κ1) is 17.9. The summed E-state index contributed by atoms with van der Waals surface area (Å²) >= 11 is 0. The van der Waals surface area contributed by atoms with Gasteiger partial charge in [-0.15, -0.1) is 0 Å². The maximum Gasteiger partial charge on any atom is 0.310 e. The minimum atomic E-state index is -0.702. The molecule has 1 aromatic rings. The first-order valence-electron chi connectivity index (χ1n) is 8.73. The summed E-state index contributed by atoms with van der Waals surface area (Å²) in [7, 11) is 0. The van der Waals surface area contributed by atoms with Gasteiger partial charge in [-0.25, -0.2) is 0 Å². The molecule has 2 aliphatic carbocycles. The number of fused-ring (bicyclic) bond motifs is 1. The summed E-state index contributed by atoms with van der Waals surface area (Å²) in [6, 6.07) is 7.52. The topological polar surface area (TPSA) is 95.9 Å². The number of aliphatic hydroxyl groups is 2. The maximum absolute atomic E-state index is 12.5. The van der Waals surface area contributed by atoms with Gasteiger partial charge in [0.25, 0.3) is 0 Å². The first-order valence-corrected chi connectivity index (χ1v) is 8.73. The van der Waals surface area contributed by atoms with E-state index in [1.807, 2.05) is 31.2 Å². The number of hydrogen-bond donors (Lipinski definition) is 3. The van der Waals surface area contributed by atoms with Crippen LogP contribution >= 0.6 is 0 Å². The van der Waals surface area contributed by atoms with E-state index < -0.39 is 18.1 Å². The predicted octanol–water partition coefficient (Wildman–Crippen LogP) is 1.49. The fourth-order valence-corrected chi connectivity index (χ4v) is 4.24. The van der Waals surface area contributed by atoms with E-state index in [1.54, 1.807) is 13.8 Å². The third kappa shape index (κ3) is 3.28. The summed E-state index contributed by atoms with van der Waals surface area (Å²) in [5.74, 6) is -1.53. The first-order chi connectivity index (χ1) is 11.8. The predicted molar refractivity (Wildman–Crippen MR) is 91.6 cm³/mol. The van der Waals surface area contributed by atoms with Crippen molar-refractivity contribution in [2.24, 2.45) is 23.7 Å². The number of benzene rings is 1. The lowest BCUT2D eigenvalue weighted by atomic mass is 9.78. The molecule has 0 unspecified atom stereocenters. The second-order valence-corrected chi connectivity index (χ2v) is 7.46. The van der Waals surface area contributed by atoms with Gasteiger partial charge >= 0.3 is 5.97 Å². The van der Waals surface area contributed by atoms with Crippen LogP contribution in [0.5, 0.6) is 0 Å². The minimum Gasteiger partial charge on any atom is -0.459 e. The molecular weight excluding hydrogens is 322 g/mol. The lowest BCUT2D eigenvalue weighted by Gasteiger charge is -2.27. The van der Waals surface area contributed by atoms with Gasteiger partial charge in [-0.2, -0.15) is 0 Å². The van der Waals surface area contributed by atoms with Crippen molar-refractivity contribution < 1.29 is 24.5 Å². The van der Waals surface area contributed by atoms with Gasteiger partial charge in [-0.3, -0.25) is 9.59 Å². The van der Waals surface area contributed by atoms with Crippen molar-refractivity contribution in [2.75, 3.05) is 5.32 Å². The Morgan fingerprint density at radius 2 is 1.84 bits per heavy atom. The molecule has 6 nitrogen and oxygen atoms in total. The van der Waals surface area contributed by atoms with Gasteiger partial charge in [0.15, 0.2) is 0 Å². The Labute approximate surface area is 147 Å². The number of rotatable bonds is 2. The SMILES string of the molecule is CC(C)O.Cc1ccc(NC(=O)[C@H]2[C@@H]3C[C@H]4[C@H](OC(=O)[C@H]42)[C@H]3O)cc1. The number of hydrogen-bond acceptors (Lipinski definition) is 5. The number of anilines is 1. The van der Waals surface area contributed by atoms with Crippen LogP contribution in [0.2, 0.25) is 0 Å². The molecule has 3 N–H and O–H groups in total. The highest BCUT2D eigenvalue weighted by Crippen LogP contribution is 2.57. The molecule has 1 saturated heterocycles. The highest BCUT2D eigenvalue weighted by Gasteiger charge is 2.68. The highest BCUT2D eigenvalue weighted by molar-refractivity contribution is 5.97. The Morgan fingerprint density at radius 1 is 1.24 bits per heavy atom. The van der Waals surface area contributed by atoms with Gasteiger partial charge in [0.05, 0.1) is 17.9 Å². The lowest BCUT2D eigenvalue weighted by molar-refractivity contribution is -0.146. The van der Waals surface area contributed by atoms with E-state index in [1.165, 1.54) is 0 Å². The molecule has 25 heavy (non-hydrogen) atoms. The summed E-state index contributed by atoms with van der Waals surface area (Å²) in [6.45, 7) is 5.42. The zero-order chi connectivity index (χ0) is 18.3. The van der Waals surface area contributed by atoms with E-state index >= 15 is 0 Å². The van der Waals surface area contributed by atoms with Crippen LogP contribution in [0, 0.1) is 30.6 Å². The molecule has 1 amide bonds. The van der Waals surface area contributed by atoms with Crippen LogP contribution in [0.25, 0.3) is 0 Å². The molecule has 0 aromatic heterocycles. The van der Waals surface area contributed by atoms with Crippen LogP contribution in [0.3, 0.4) is 0 Å². The second kappa shape index (κ2) is 6.77. The van der Waals surface area contributed by atoms with Gasteiger partial charge < -0.3 is 20.3 Å². The quantitative estimate of drug-likeness (QED) is 0.705. The van der Waals surface area contributed by atoms with Crippen LogP contribution < -0.4 is 5.32 Å². The average molecular weight is 347 g/mol. The molecule has 1 aromatic carbocycles. The number of carbonyl (C=O) groups excluding carboxylic acids is 2. The van der Waals surface area contributed by atoms with Crippen molar-refractivity contribution >= 4 is 17.6 Å². The molecule has 6 heteroatoms. The molecule has 136 valence electrons. The van der Waals surface area contributed by atoms with Crippen LogP contribution in [-0.4, -0.2) is 40.4 Å². The summed E-state index contributed by atoms with van der Waals surface area (Å²) in [4.78, 5) is 24.5. The standard InChI is InChI=1S/C16H17NO4.C3H8O/c1-7-2-4-8(5-3-7)17-15(19)11-9-6-10-12(11)16(20)21-14(10)13(9)18;1-3(2)4/h2-5,9-14,18H,6H2,1H3,(H,17,19);3-4H,1-2H3/t9-,10+,11-,12+,13-,14-;/m0./s1. The minimum absolute atomic E-state index is 0.00580. The number of amides is 1.